The molecule has 0 radical (unpaired) electrons. The van der Waals surface area contributed by atoms with Crippen molar-refractivity contribution in [3.8, 4) is 11.5 Å². The number of fused-ring (bicyclic) bond motifs is 1. The van der Waals surface area contributed by atoms with Gasteiger partial charge in [0, 0.05) is 11.4 Å². The zero-order chi connectivity index (χ0) is 14.8. The fraction of sp³-hybridized carbons (Fsp3) is 0.250. The van der Waals surface area contributed by atoms with Gasteiger partial charge in [-0.1, -0.05) is 41.4 Å². The minimum Gasteiger partial charge on any atom is -0.486 e. The number of rotatable bonds is 3. The molecule has 1 heterocycles. The van der Waals surface area contributed by atoms with Crippen LogP contribution < -0.4 is 9.47 Å². The first kappa shape index (κ1) is 14.5. The highest BCUT2D eigenvalue weighted by Gasteiger charge is 2.20. The molecule has 1 N–H and O–H groups in total. The molecule has 2 aromatic carbocycles. The SMILES string of the molecule is OC(Cc1ccccc1Cl)c1cc(Cl)c2c(c1)OCCO2. The highest BCUT2D eigenvalue weighted by Crippen LogP contribution is 2.40. The van der Waals surface area contributed by atoms with Crippen molar-refractivity contribution in [1.29, 1.82) is 0 Å². The van der Waals surface area contributed by atoms with Crippen LogP contribution in [0.1, 0.15) is 17.2 Å². The first-order chi connectivity index (χ1) is 10.1. The topological polar surface area (TPSA) is 38.7 Å². The summed E-state index contributed by atoms with van der Waals surface area (Å²) in [4.78, 5) is 0. The molecule has 110 valence electrons. The fourth-order valence-corrected chi connectivity index (χ4v) is 2.80. The van der Waals surface area contributed by atoms with Gasteiger partial charge in [0.05, 0.1) is 11.1 Å². The van der Waals surface area contributed by atoms with Crippen LogP contribution in [0.15, 0.2) is 36.4 Å². The molecule has 0 aliphatic carbocycles. The van der Waals surface area contributed by atoms with E-state index in [1.807, 2.05) is 18.2 Å². The Hall–Kier alpha value is -1.42. The van der Waals surface area contributed by atoms with Crippen molar-refractivity contribution >= 4 is 23.2 Å². The number of ether oxygens (including phenoxy) is 2. The highest BCUT2D eigenvalue weighted by atomic mass is 35.5. The van der Waals surface area contributed by atoms with Crippen molar-refractivity contribution in [2.75, 3.05) is 13.2 Å². The molecule has 1 unspecified atom stereocenters. The van der Waals surface area contributed by atoms with Crippen molar-refractivity contribution in [2.45, 2.75) is 12.5 Å². The summed E-state index contributed by atoms with van der Waals surface area (Å²) < 4.78 is 11.0. The van der Waals surface area contributed by atoms with Crippen molar-refractivity contribution in [3.63, 3.8) is 0 Å². The third kappa shape index (κ3) is 3.10. The molecule has 0 fully saturated rings. The van der Waals surface area contributed by atoms with Crippen LogP contribution in [-0.4, -0.2) is 18.3 Å². The second-order valence-electron chi connectivity index (χ2n) is 4.84. The van der Waals surface area contributed by atoms with Crippen LogP contribution in [0.2, 0.25) is 10.0 Å². The Morgan fingerprint density at radius 1 is 1.05 bits per heavy atom. The average molecular weight is 325 g/mol. The van der Waals surface area contributed by atoms with Gasteiger partial charge in [0.15, 0.2) is 11.5 Å². The van der Waals surface area contributed by atoms with Gasteiger partial charge in [-0.2, -0.15) is 0 Å². The maximum absolute atomic E-state index is 10.4. The third-order valence-electron chi connectivity index (χ3n) is 3.38. The van der Waals surface area contributed by atoms with Gasteiger partial charge in [-0.05, 0) is 29.3 Å². The Morgan fingerprint density at radius 3 is 2.62 bits per heavy atom. The summed E-state index contributed by atoms with van der Waals surface area (Å²) in [7, 11) is 0. The summed E-state index contributed by atoms with van der Waals surface area (Å²) in [5.41, 5.74) is 1.57. The molecule has 3 rings (SSSR count). The van der Waals surface area contributed by atoms with Crippen molar-refractivity contribution in [2.24, 2.45) is 0 Å². The van der Waals surface area contributed by atoms with Crippen LogP contribution in [0.25, 0.3) is 0 Å². The molecule has 0 saturated heterocycles. The number of benzene rings is 2. The van der Waals surface area contributed by atoms with Gasteiger partial charge in [0.25, 0.3) is 0 Å². The summed E-state index contributed by atoms with van der Waals surface area (Å²) in [6.45, 7) is 0.960. The zero-order valence-electron chi connectivity index (χ0n) is 11.2. The van der Waals surface area contributed by atoms with E-state index in [2.05, 4.69) is 0 Å². The smallest absolute Gasteiger partial charge is 0.179 e. The molecular weight excluding hydrogens is 311 g/mol. The standard InChI is InChI=1S/C16H14Cl2O3/c17-12-4-2-1-3-10(12)8-14(19)11-7-13(18)16-15(9-11)20-5-6-21-16/h1-4,7,9,14,19H,5-6,8H2. The predicted molar refractivity (Wildman–Crippen MR) is 82.6 cm³/mol. The quantitative estimate of drug-likeness (QED) is 0.926. The van der Waals surface area contributed by atoms with E-state index in [1.165, 1.54) is 0 Å². The lowest BCUT2D eigenvalue weighted by Gasteiger charge is -2.21. The monoisotopic (exact) mass is 324 g/mol. The Bertz CT molecular complexity index is 658. The summed E-state index contributed by atoms with van der Waals surface area (Å²) in [6.07, 6.45) is -0.298. The molecule has 3 nitrogen and oxygen atoms in total. The van der Waals surface area contributed by atoms with E-state index < -0.39 is 6.10 Å². The molecule has 0 aromatic heterocycles. The van der Waals surface area contributed by atoms with Crippen molar-refractivity contribution < 1.29 is 14.6 Å². The summed E-state index contributed by atoms with van der Waals surface area (Å²) >= 11 is 12.3. The molecule has 21 heavy (non-hydrogen) atoms. The molecule has 0 saturated carbocycles. The van der Waals surface area contributed by atoms with Crippen LogP contribution in [0.3, 0.4) is 0 Å². The Labute approximate surface area is 133 Å². The van der Waals surface area contributed by atoms with Crippen LogP contribution >= 0.6 is 23.2 Å². The van der Waals surface area contributed by atoms with E-state index in [0.29, 0.717) is 46.7 Å². The number of aliphatic hydroxyl groups excluding tert-OH is 1. The van der Waals surface area contributed by atoms with Gasteiger partial charge >= 0.3 is 0 Å². The lowest BCUT2D eigenvalue weighted by atomic mass is 10.0. The average Bonchev–Trinajstić information content (AvgIpc) is 2.49. The third-order valence-corrected chi connectivity index (χ3v) is 4.02. The normalized spacial score (nSPS) is 14.8. The Morgan fingerprint density at radius 2 is 1.81 bits per heavy atom. The zero-order valence-corrected chi connectivity index (χ0v) is 12.7. The van der Waals surface area contributed by atoms with Gasteiger partial charge in [-0.25, -0.2) is 0 Å². The summed E-state index contributed by atoms with van der Waals surface area (Å²) in [6, 6.07) is 10.9. The van der Waals surface area contributed by atoms with Gasteiger partial charge < -0.3 is 14.6 Å². The van der Waals surface area contributed by atoms with Gasteiger partial charge in [0.1, 0.15) is 13.2 Å². The van der Waals surface area contributed by atoms with E-state index in [-0.39, 0.29) is 0 Å². The maximum Gasteiger partial charge on any atom is 0.179 e. The van der Waals surface area contributed by atoms with Crippen molar-refractivity contribution in [3.05, 3.63) is 57.6 Å². The van der Waals surface area contributed by atoms with Gasteiger partial charge in [0.2, 0.25) is 0 Å². The fourth-order valence-electron chi connectivity index (χ4n) is 2.31. The van der Waals surface area contributed by atoms with Crippen molar-refractivity contribution in [1.82, 2.24) is 0 Å². The molecule has 1 aliphatic heterocycles. The minimum atomic E-state index is -0.710. The first-order valence-corrected chi connectivity index (χ1v) is 7.41. The predicted octanol–water partition coefficient (Wildman–Crippen LogP) is 4.04. The maximum atomic E-state index is 10.4. The van der Waals surface area contributed by atoms with Gasteiger partial charge in [-0.3, -0.25) is 0 Å². The molecule has 2 aromatic rings. The number of halogens is 2. The van der Waals surface area contributed by atoms with E-state index in [1.54, 1.807) is 18.2 Å². The molecule has 0 spiro atoms. The van der Waals surface area contributed by atoms with Crippen LogP contribution in [-0.2, 0) is 6.42 Å². The van der Waals surface area contributed by atoms with Crippen LogP contribution in [0, 0.1) is 0 Å². The highest BCUT2D eigenvalue weighted by molar-refractivity contribution is 6.32. The number of aliphatic hydroxyl groups is 1. The summed E-state index contributed by atoms with van der Waals surface area (Å²) in [5, 5.41) is 11.5. The molecule has 5 heteroatoms. The second kappa shape index (κ2) is 6.14. The molecule has 0 bridgehead atoms. The van der Waals surface area contributed by atoms with Crippen LogP contribution in [0.5, 0.6) is 11.5 Å². The van der Waals surface area contributed by atoms with E-state index in [4.69, 9.17) is 32.7 Å². The minimum absolute atomic E-state index is 0.412. The Balaban J connectivity index is 1.86. The molecular formula is C16H14Cl2O3. The van der Waals surface area contributed by atoms with Gasteiger partial charge in [-0.15, -0.1) is 0 Å². The van der Waals surface area contributed by atoms with E-state index >= 15 is 0 Å². The molecule has 0 amide bonds. The summed E-state index contributed by atoms with van der Waals surface area (Å²) in [5.74, 6) is 1.11. The largest absolute Gasteiger partial charge is 0.486 e. The van der Waals surface area contributed by atoms with E-state index in [9.17, 15) is 5.11 Å². The van der Waals surface area contributed by atoms with Crippen LogP contribution in [0.4, 0.5) is 0 Å². The molecule has 1 atom stereocenters. The lowest BCUT2D eigenvalue weighted by molar-refractivity contribution is 0.164. The molecule has 1 aliphatic rings. The lowest BCUT2D eigenvalue weighted by Crippen LogP contribution is -2.16. The van der Waals surface area contributed by atoms with E-state index in [0.717, 1.165) is 5.56 Å². The first-order valence-electron chi connectivity index (χ1n) is 6.65. The number of hydrogen-bond donors (Lipinski definition) is 1. The second-order valence-corrected chi connectivity index (χ2v) is 5.65. The Kier molecular flexibility index (Phi) is 4.24. The number of hydrogen-bond acceptors (Lipinski definition) is 3.